The number of nitriles is 1. The molecule has 1 aromatic heterocycles. The summed E-state index contributed by atoms with van der Waals surface area (Å²) >= 11 is 3.55. The Bertz CT molecular complexity index is 1090. The van der Waals surface area contributed by atoms with Crippen LogP contribution < -0.4 is 4.90 Å². The van der Waals surface area contributed by atoms with E-state index in [9.17, 15) is 10.1 Å². The van der Waals surface area contributed by atoms with Gasteiger partial charge in [0.25, 0.3) is 5.91 Å². The van der Waals surface area contributed by atoms with E-state index in [0.717, 1.165) is 23.2 Å². The van der Waals surface area contributed by atoms with Gasteiger partial charge in [-0.15, -0.1) is 0 Å². The lowest BCUT2D eigenvalue weighted by Crippen LogP contribution is -2.49. The zero-order chi connectivity index (χ0) is 20.4. The number of benzene rings is 2. The quantitative estimate of drug-likeness (QED) is 0.597. The number of rotatable bonds is 3. The molecule has 1 saturated heterocycles. The number of aryl methyl sites for hydroxylation is 1. The maximum atomic E-state index is 13.4. The van der Waals surface area contributed by atoms with Gasteiger partial charge >= 0.3 is 0 Å². The third-order valence-corrected chi connectivity index (χ3v) is 6.01. The van der Waals surface area contributed by atoms with Crippen molar-refractivity contribution in [1.82, 2.24) is 9.47 Å². The minimum atomic E-state index is -0.105. The fraction of sp³-hybridized carbons (Fsp3) is 0.217. The molecule has 0 atom stereocenters. The molecule has 0 unspecified atom stereocenters. The first-order valence-electron chi connectivity index (χ1n) is 9.56. The molecule has 1 aliphatic rings. The highest BCUT2D eigenvalue weighted by Gasteiger charge is 2.27. The maximum absolute atomic E-state index is 13.4. The van der Waals surface area contributed by atoms with Gasteiger partial charge in [0.1, 0.15) is 11.8 Å². The van der Waals surface area contributed by atoms with Crippen LogP contribution in [0.15, 0.2) is 65.3 Å². The Balaban J connectivity index is 1.59. The van der Waals surface area contributed by atoms with Crippen LogP contribution in [0, 0.1) is 18.3 Å². The molecule has 5 nitrogen and oxygen atoms in total. The highest BCUT2D eigenvalue weighted by atomic mass is 79.9. The third kappa shape index (κ3) is 3.66. The van der Waals surface area contributed by atoms with Crippen molar-refractivity contribution >= 4 is 27.5 Å². The molecule has 1 aliphatic heterocycles. The highest BCUT2D eigenvalue weighted by Crippen LogP contribution is 2.26. The summed E-state index contributed by atoms with van der Waals surface area (Å²) in [7, 11) is 0. The van der Waals surface area contributed by atoms with E-state index < -0.39 is 0 Å². The zero-order valence-electron chi connectivity index (χ0n) is 16.2. The Morgan fingerprint density at radius 2 is 1.62 bits per heavy atom. The van der Waals surface area contributed by atoms with Crippen LogP contribution in [0.2, 0.25) is 0 Å². The van der Waals surface area contributed by atoms with Crippen molar-refractivity contribution in [3.8, 4) is 11.8 Å². The van der Waals surface area contributed by atoms with Crippen molar-refractivity contribution in [2.24, 2.45) is 0 Å². The number of nitrogens with zero attached hydrogens (tertiary/aromatic N) is 4. The number of aromatic nitrogens is 1. The van der Waals surface area contributed by atoms with Crippen LogP contribution in [-0.2, 0) is 0 Å². The third-order valence-electron chi connectivity index (χ3n) is 5.34. The van der Waals surface area contributed by atoms with Crippen molar-refractivity contribution in [3.05, 3.63) is 82.1 Å². The van der Waals surface area contributed by atoms with Crippen LogP contribution in [0.5, 0.6) is 0 Å². The number of amides is 1. The number of piperazine rings is 1. The molecular weight excluding hydrogens is 428 g/mol. The van der Waals surface area contributed by atoms with Gasteiger partial charge in [-0.05, 0) is 52.7 Å². The number of hydrogen-bond acceptors (Lipinski definition) is 3. The van der Waals surface area contributed by atoms with Crippen molar-refractivity contribution in [2.45, 2.75) is 6.92 Å². The first-order chi connectivity index (χ1) is 14.1. The van der Waals surface area contributed by atoms with Crippen molar-refractivity contribution in [3.63, 3.8) is 0 Å². The molecule has 0 spiro atoms. The van der Waals surface area contributed by atoms with Gasteiger partial charge in [-0.3, -0.25) is 4.79 Å². The van der Waals surface area contributed by atoms with Gasteiger partial charge in [-0.2, -0.15) is 5.26 Å². The van der Waals surface area contributed by atoms with E-state index in [-0.39, 0.29) is 5.91 Å². The second kappa shape index (κ2) is 8.14. The standard InChI is InChI=1S/C23H21BrN4O/c1-17-6-2-4-8-20(17)26-12-14-27(15-13-26)23(29)22-18(16-25)10-11-28(22)21-9-5-3-7-19(21)24/h2-11H,12-15H2,1H3. The molecule has 0 saturated carbocycles. The summed E-state index contributed by atoms with van der Waals surface area (Å²) in [6.07, 6.45) is 1.79. The Morgan fingerprint density at radius 1 is 0.966 bits per heavy atom. The molecule has 0 bridgehead atoms. The normalized spacial score (nSPS) is 14.0. The molecule has 0 radical (unpaired) electrons. The average molecular weight is 449 g/mol. The Morgan fingerprint density at radius 3 is 2.28 bits per heavy atom. The van der Waals surface area contributed by atoms with Gasteiger partial charge in [0.2, 0.25) is 0 Å². The van der Waals surface area contributed by atoms with Crippen LogP contribution in [-0.4, -0.2) is 41.6 Å². The van der Waals surface area contributed by atoms with Gasteiger partial charge in [-0.25, -0.2) is 0 Å². The predicted octanol–water partition coefficient (Wildman–Crippen LogP) is 4.38. The smallest absolute Gasteiger partial charge is 0.272 e. The Hall–Kier alpha value is -3.04. The van der Waals surface area contributed by atoms with E-state index >= 15 is 0 Å². The summed E-state index contributed by atoms with van der Waals surface area (Å²) in [6, 6.07) is 19.9. The summed E-state index contributed by atoms with van der Waals surface area (Å²) in [5.41, 5.74) is 4.11. The van der Waals surface area contributed by atoms with Gasteiger partial charge in [-0.1, -0.05) is 30.3 Å². The fourth-order valence-electron chi connectivity index (χ4n) is 3.81. The lowest BCUT2D eigenvalue weighted by molar-refractivity contribution is 0.0738. The van der Waals surface area contributed by atoms with Crippen LogP contribution in [0.25, 0.3) is 5.69 Å². The molecule has 1 amide bonds. The van der Waals surface area contributed by atoms with Crippen LogP contribution in [0.4, 0.5) is 5.69 Å². The van der Waals surface area contributed by atoms with Crippen molar-refractivity contribution in [2.75, 3.05) is 31.1 Å². The van der Waals surface area contributed by atoms with Gasteiger partial charge in [0.05, 0.1) is 11.3 Å². The van der Waals surface area contributed by atoms with E-state index in [0.29, 0.717) is 24.3 Å². The molecule has 3 aromatic rings. The second-order valence-electron chi connectivity index (χ2n) is 7.08. The molecule has 2 heterocycles. The number of para-hydroxylation sites is 2. The summed E-state index contributed by atoms with van der Waals surface area (Å²) in [5.74, 6) is -0.105. The van der Waals surface area contributed by atoms with Gasteiger partial charge in [0, 0.05) is 42.5 Å². The van der Waals surface area contributed by atoms with E-state index in [1.165, 1.54) is 11.3 Å². The van der Waals surface area contributed by atoms with Crippen LogP contribution in [0.1, 0.15) is 21.6 Å². The minimum absolute atomic E-state index is 0.105. The number of hydrogen-bond donors (Lipinski definition) is 0. The van der Waals surface area contributed by atoms with Crippen LogP contribution >= 0.6 is 15.9 Å². The lowest BCUT2D eigenvalue weighted by atomic mass is 10.1. The molecule has 6 heteroatoms. The SMILES string of the molecule is Cc1ccccc1N1CCN(C(=O)c2c(C#N)ccn2-c2ccccc2Br)CC1. The molecular formula is C23H21BrN4O. The molecule has 0 N–H and O–H groups in total. The van der Waals surface area contributed by atoms with Gasteiger partial charge < -0.3 is 14.4 Å². The zero-order valence-corrected chi connectivity index (χ0v) is 17.8. The molecule has 4 rings (SSSR count). The van der Waals surface area contributed by atoms with E-state index in [1.807, 2.05) is 41.3 Å². The summed E-state index contributed by atoms with van der Waals surface area (Å²) in [5, 5.41) is 9.56. The molecule has 29 heavy (non-hydrogen) atoms. The Kier molecular flexibility index (Phi) is 5.41. The predicted molar refractivity (Wildman–Crippen MR) is 117 cm³/mol. The summed E-state index contributed by atoms with van der Waals surface area (Å²) in [4.78, 5) is 17.5. The molecule has 1 fully saturated rings. The maximum Gasteiger partial charge on any atom is 0.272 e. The van der Waals surface area contributed by atoms with Crippen molar-refractivity contribution < 1.29 is 4.79 Å². The number of anilines is 1. The first-order valence-corrected chi connectivity index (χ1v) is 10.4. The topological polar surface area (TPSA) is 52.3 Å². The summed E-state index contributed by atoms with van der Waals surface area (Å²) < 4.78 is 2.68. The minimum Gasteiger partial charge on any atom is -0.368 e. The average Bonchev–Trinajstić information content (AvgIpc) is 3.18. The molecule has 146 valence electrons. The fourth-order valence-corrected chi connectivity index (χ4v) is 4.28. The van der Waals surface area contributed by atoms with Gasteiger partial charge in [0.15, 0.2) is 0 Å². The lowest BCUT2D eigenvalue weighted by Gasteiger charge is -2.37. The first kappa shape index (κ1) is 19.3. The van der Waals surface area contributed by atoms with E-state index in [4.69, 9.17) is 0 Å². The number of carbonyl (C=O) groups excluding carboxylic acids is 1. The van der Waals surface area contributed by atoms with E-state index in [2.05, 4.69) is 46.0 Å². The summed E-state index contributed by atoms with van der Waals surface area (Å²) in [6.45, 7) is 4.90. The number of carbonyl (C=O) groups is 1. The monoisotopic (exact) mass is 448 g/mol. The molecule has 2 aromatic carbocycles. The Labute approximate surface area is 178 Å². The number of halogens is 1. The van der Waals surface area contributed by atoms with Crippen LogP contribution in [0.3, 0.4) is 0 Å². The largest absolute Gasteiger partial charge is 0.368 e. The highest BCUT2D eigenvalue weighted by molar-refractivity contribution is 9.10. The molecule has 0 aliphatic carbocycles. The van der Waals surface area contributed by atoms with Crippen molar-refractivity contribution in [1.29, 1.82) is 5.26 Å². The second-order valence-corrected chi connectivity index (χ2v) is 7.93. The van der Waals surface area contributed by atoms with E-state index in [1.54, 1.807) is 16.8 Å².